The van der Waals surface area contributed by atoms with E-state index in [1.165, 1.54) is 17.8 Å². The molecule has 3 aromatic rings. The molecular weight excluding hydrogens is 483 g/mol. The van der Waals surface area contributed by atoms with Gasteiger partial charge in [-0.2, -0.15) is 0 Å². The van der Waals surface area contributed by atoms with Gasteiger partial charge in [-0.25, -0.2) is 4.39 Å². The second kappa shape index (κ2) is 13.3. The summed E-state index contributed by atoms with van der Waals surface area (Å²) in [6.07, 6.45) is 0.379. The van der Waals surface area contributed by atoms with Crippen LogP contribution in [0.1, 0.15) is 30.5 Å². The van der Waals surface area contributed by atoms with Gasteiger partial charge in [-0.3, -0.25) is 9.59 Å². The third kappa shape index (κ3) is 8.41. The van der Waals surface area contributed by atoms with Crippen LogP contribution < -0.4 is 5.32 Å². The average Bonchev–Trinajstić information content (AvgIpc) is 2.82. The van der Waals surface area contributed by atoms with Crippen LogP contribution in [0.15, 0.2) is 78.9 Å². The second-order valence-electron chi connectivity index (χ2n) is 8.60. The summed E-state index contributed by atoms with van der Waals surface area (Å²) in [6, 6.07) is 22.7. The first-order valence-electron chi connectivity index (χ1n) is 11.5. The molecule has 0 aromatic heterocycles. The molecule has 0 saturated carbocycles. The number of hydrogen-bond donors (Lipinski definition) is 1. The Morgan fingerprint density at radius 3 is 2.34 bits per heavy atom. The van der Waals surface area contributed by atoms with Crippen molar-refractivity contribution in [1.82, 2.24) is 10.2 Å². The van der Waals surface area contributed by atoms with Crippen LogP contribution in [0.3, 0.4) is 0 Å². The third-order valence-electron chi connectivity index (χ3n) is 5.38. The summed E-state index contributed by atoms with van der Waals surface area (Å²) in [5.74, 6) is -0.203. The number of amides is 2. The summed E-state index contributed by atoms with van der Waals surface area (Å²) in [5.41, 5.74) is 2.34. The number of carbonyl (C=O) groups excluding carboxylic acids is 2. The van der Waals surface area contributed by atoms with Gasteiger partial charge in [0.2, 0.25) is 11.8 Å². The van der Waals surface area contributed by atoms with Gasteiger partial charge in [-0.15, -0.1) is 11.8 Å². The van der Waals surface area contributed by atoms with Crippen molar-refractivity contribution >= 4 is 35.2 Å². The molecule has 0 bridgehead atoms. The van der Waals surface area contributed by atoms with E-state index in [-0.39, 0.29) is 36.0 Å². The van der Waals surface area contributed by atoms with Crippen molar-refractivity contribution in [2.75, 3.05) is 5.75 Å². The molecule has 0 aliphatic rings. The fraction of sp³-hybridized carbons (Fsp3) is 0.286. The van der Waals surface area contributed by atoms with Crippen molar-refractivity contribution in [1.29, 1.82) is 0 Å². The van der Waals surface area contributed by atoms with Gasteiger partial charge in [0.25, 0.3) is 0 Å². The number of hydrogen-bond acceptors (Lipinski definition) is 3. The summed E-state index contributed by atoms with van der Waals surface area (Å²) in [5, 5.41) is 3.53. The van der Waals surface area contributed by atoms with Crippen molar-refractivity contribution < 1.29 is 14.0 Å². The van der Waals surface area contributed by atoms with Gasteiger partial charge >= 0.3 is 0 Å². The molecule has 7 heteroatoms. The zero-order valence-electron chi connectivity index (χ0n) is 19.9. The predicted octanol–water partition coefficient (Wildman–Crippen LogP) is 5.88. The van der Waals surface area contributed by atoms with Crippen molar-refractivity contribution in [2.45, 2.75) is 44.6 Å². The smallest absolute Gasteiger partial charge is 0.243 e. The molecule has 1 atom stereocenters. The number of rotatable bonds is 11. The fourth-order valence-electron chi connectivity index (χ4n) is 3.71. The van der Waals surface area contributed by atoms with Crippen LogP contribution in [0.4, 0.5) is 4.39 Å². The first-order valence-corrected chi connectivity index (χ1v) is 13.1. The van der Waals surface area contributed by atoms with Gasteiger partial charge in [0, 0.05) is 29.8 Å². The number of halogens is 2. The standard InChI is InChI=1S/C28H30ClFN2O2S/c1-20(2)31-28(34)26(16-21-9-4-3-5-10-21)32(17-22-11-8-13-24(29)15-22)27(33)19-35-18-23-12-6-7-14-25(23)30/h3-15,20,26H,16-19H2,1-2H3,(H,31,34). The zero-order valence-corrected chi connectivity index (χ0v) is 21.5. The van der Waals surface area contributed by atoms with Crippen LogP contribution in [-0.2, 0) is 28.3 Å². The van der Waals surface area contributed by atoms with E-state index in [4.69, 9.17) is 11.6 Å². The van der Waals surface area contributed by atoms with Crippen LogP contribution in [0.25, 0.3) is 0 Å². The van der Waals surface area contributed by atoms with Crippen LogP contribution in [-0.4, -0.2) is 34.6 Å². The molecule has 2 amide bonds. The molecule has 0 aliphatic heterocycles. The normalized spacial score (nSPS) is 11.8. The van der Waals surface area contributed by atoms with Crippen LogP contribution in [0.2, 0.25) is 5.02 Å². The van der Waals surface area contributed by atoms with Crippen LogP contribution in [0.5, 0.6) is 0 Å². The van der Waals surface area contributed by atoms with E-state index < -0.39 is 6.04 Å². The Balaban J connectivity index is 1.85. The maximum atomic E-state index is 14.0. The number of carbonyl (C=O) groups is 2. The minimum atomic E-state index is -0.708. The van der Waals surface area contributed by atoms with E-state index in [0.717, 1.165) is 11.1 Å². The Kier molecular flexibility index (Phi) is 10.2. The summed E-state index contributed by atoms with van der Waals surface area (Å²) in [4.78, 5) is 28.5. The quantitative estimate of drug-likeness (QED) is 0.349. The van der Waals surface area contributed by atoms with Crippen LogP contribution in [0, 0.1) is 5.82 Å². The summed E-state index contributed by atoms with van der Waals surface area (Å²) in [7, 11) is 0. The van der Waals surface area contributed by atoms with E-state index >= 15 is 0 Å². The second-order valence-corrected chi connectivity index (χ2v) is 10.0. The molecule has 1 N–H and O–H groups in total. The molecule has 4 nitrogen and oxygen atoms in total. The predicted molar refractivity (Wildman–Crippen MR) is 142 cm³/mol. The number of nitrogens with one attached hydrogen (secondary N) is 1. The SMILES string of the molecule is CC(C)NC(=O)C(Cc1ccccc1)N(Cc1cccc(Cl)c1)C(=O)CSCc1ccccc1F. The molecule has 0 heterocycles. The van der Waals surface area contributed by atoms with Crippen molar-refractivity contribution in [3.63, 3.8) is 0 Å². The first-order chi connectivity index (χ1) is 16.8. The highest BCUT2D eigenvalue weighted by atomic mass is 35.5. The van der Waals surface area contributed by atoms with E-state index in [2.05, 4.69) is 5.32 Å². The zero-order chi connectivity index (χ0) is 25.2. The Labute approximate surface area is 215 Å². The summed E-state index contributed by atoms with van der Waals surface area (Å²) >= 11 is 7.52. The van der Waals surface area contributed by atoms with Gasteiger partial charge in [-0.05, 0) is 48.7 Å². The van der Waals surface area contributed by atoms with E-state index in [1.54, 1.807) is 35.2 Å². The van der Waals surface area contributed by atoms with Gasteiger partial charge < -0.3 is 10.2 Å². The van der Waals surface area contributed by atoms with Crippen molar-refractivity contribution in [3.05, 3.63) is 106 Å². The molecule has 0 fully saturated rings. The highest BCUT2D eigenvalue weighted by Gasteiger charge is 2.30. The summed E-state index contributed by atoms with van der Waals surface area (Å²) in [6.45, 7) is 4.03. The molecule has 3 aromatic carbocycles. The monoisotopic (exact) mass is 512 g/mol. The number of nitrogens with zero attached hydrogens (tertiary/aromatic N) is 1. The largest absolute Gasteiger partial charge is 0.352 e. The van der Waals surface area contributed by atoms with E-state index in [9.17, 15) is 14.0 Å². The summed E-state index contributed by atoms with van der Waals surface area (Å²) < 4.78 is 14.0. The van der Waals surface area contributed by atoms with E-state index in [1.807, 2.05) is 56.3 Å². The van der Waals surface area contributed by atoms with E-state index in [0.29, 0.717) is 22.8 Å². The molecule has 3 rings (SSSR count). The lowest BCUT2D eigenvalue weighted by atomic mass is 10.0. The lowest BCUT2D eigenvalue weighted by Crippen LogP contribution is -2.52. The Bertz CT molecular complexity index is 1130. The Morgan fingerprint density at radius 2 is 1.66 bits per heavy atom. The lowest BCUT2D eigenvalue weighted by molar-refractivity contribution is -0.139. The molecule has 0 spiro atoms. The molecule has 1 unspecified atom stereocenters. The molecule has 184 valence electrons. The molecule has 0 radical (unpaired) electrons. The van der Waals surface area contributed by atoms with Crippen molar-refractivity contribution in [3.8, 4) is 0 Å². The lowest BCUT2D eigenvalue weighted by Gasteiger charge is -2.32. The minimum Gasteiger partial charge on any atom is -0.352 e. The highest BCUT2D eigenvalue weighted by molar-refractivity contribution is 7.99. The minimum absolute atomic E-state index is 0.0701. The molecule has 0 aliphatic carbocycles. The van der Waals surface area contributed by atoms with Crippen molar-refractivity contribution in [2.24, 2.45) is 0 Å². The van der Waals surface area contributed by atoms with Gasteiger partial charge in [-0.1, -0.05) is 72.3 Å². The van der Waals surface area contributed by atoms with Gasteiger partial charge in [0.1, 0.15) is 11.9 Å². The fourth-order valence-corrected chi connectivity index (χ4v) is 4.82. The molecular formula is C28H30ClFN2O2S. The number of thioether (sulfide) groups is 1. The maximum absolute atomic E-state index is 14.0. The molecule has 0 saturated heterocycles. The third-order valence-corrected chi connectivity index (χ3v) is 6.59. The number of benzene rings is 3. The first kappa shape index (κ1) is 26.8. The Hall–Kier alpha value is -2.83. The van der Waals surface area contributed by atoms with Crippen LogP contribution >= 0.6 is 23.4 Å². The Morgan fingerprint density at radius 1 is 0.971 bits per heavy atom. The maximum Gasteiger partial charge on any atom is 0.243 e. The van der Waals surface area contributed by atoms with Gasteiger partial charge in [0.05, 0.1) is 5.75 Å². The average molecular weight is 513 g/mol. The highest BCUT2D eigenvalue weighted by Crippen LogP contribution is 2.21. The van der Waals surface area contributed by atoms with Gasteiger partial charge in [0.15, 0.2) is 0 Å². The topological polar surface area (TPSA) is 49.4 Å². The molecule has 35 heavy (non-hydrogen) atoms.